The number of hydrogen-bond acceptors (Lipinski definition) is 9. The number of aromatic hydroxyl groups is 1. The van der Waals surface area contributed by atoms with Crippen molar-refractivity contribution in [2.45, 2.75) is 68.9 Å². The van der Waals surface area contributed by atoms with Crippen LogP contribution in [0.4, 0.5) is 19.0 Å². The Hall–Kier alpha value is -5.12. The summed E-state index contributed by atoms with van der Waals surface area (Å²) in [4.78, 5) is 18.4. The van der Waals surface area contributed by atoms with Crippen LogP contribution < -0.4 is 19.7 Å². The molecule has 6 heterocycles. The monoisotopic (exact) mass is 720 g/mol. The Morgan fingerprint density at radius 2 is 1.85 bits per heavy atom. The molecule has 5 unspecified atom stereocenters. The largest absolute Gasteiger partial charge is 0.508 e. The fraction of sp³-hybridized carbons (Fsp3) is 0.390. The number of nitrogens with one attached hydrogen (secondary N) is 1. The third-order valence-electron chi connectivity index (χ3n) is 11.5. The summed E-state index contributed by atoms with van der Waals surface area (Å²) in [5.41, 5.74) is 0.298. The summed E-state index contributed by atoms with van der Waals surface area (Å²) in [6.07, 6.45) is 10.1. The number of rotatable bonds is 8. The molecule has 9 rings (SSSR count). The van der Waals surface area contributed by atoms with Gasteiger partial charge in [-0.1, -0.05) is 30.2 Å². The molecule has 3 aromatic carbocycles. The summed E-state index contributed by atoms with van der Waals surface area (Å²) >= 11 is 0. The number of anilines is 1. The molecule has 12 heteroatoms. The number of nitrogens with zero attached hydrogens (tertiary/aromatic N) is 5. The molecule has 5 atom stereocenters. The van der Waals surface area contributed by atoms with Gasteiger partial charge in [0.1, 0.15) is 47.1 Å². The van der Waals surface area contributed by atoms with E-state index in [1.807, 2.05) is 31.2 Å². The van der Waals surface area contributed by atoms with Gasteiger partial charge in [0.05, 0.1) is 23.1 Å². The van der Waals surface area contributed by atoms with E-state index in [4.69, 9.17) is 20.9 Å². The summed E-state index contributed by atoms with van der Waals surface area (Å²) in [5.74, 6) is 2.09. The molecule has 0 aliphatic carbocycles. The number of ether oxygens (including phenoxy) is 2. The summed E-state index contributed by atoms with van der Waals surface area (Å²) < 4.78 is 59.8. The number of piperazine rings is 1. The molecule has 0 amide bonds. The molecule has 53 heavy (non-hydrogen) atoms. The Balaban J connectivity index is 1.13. The number of para-hydroxylation sites is 1. The predicted molar refractivity (Wildman–Crippen MR) is 196 cm³/mol. The first-order chi connectivity index (χ1) is 25.7. The third-order valence-corrected chi connectivity index (χ3v) is 11.5. The number of terminal acetylenes is 1. The van der Waals surface area contributed by atoms with Gasteiger partial charge >= 0.3 is 6.01 Å². The average Bonchev–Trinajstić information content (AvgIpc) is 3.79. The second kappa shape index (κ2) is 13.1. The van der Waals surface area contributed by atoms with E-state index in [1.165, 1.54) is 30.5 Å². The Kier molecular flexibility index (Phi) is 8.31. The van der Waals surface area contributed by atoms with Crippen LogP contribution in [0.3, 0.4) is 0 Å². The number of phenols is 1. The summed E-state index contributed by atoms with van der Waals surface area (Å²) in [6, 6.07) is 13.8. The van der Waals surface area contributed by atoms with Crippen LogP contribution in [-0.2, 0) is 0 Å². The summed E-state index contributed by atoms with van der Waals surface area (Å²) in [6.45, 7) is 4.18. The van der Waals surface area contributed by atoms with Crippen LogP contribution in [0, 0.1) is 24.0 Å². The van der Waals surface area contributed by atoms with Gasteiger partial charge in [0.15, 0.2) is 5.82 Å². The van der Waals surface area contributed by atoms with Gasteiger partial charge in [-0.05, 0) is 62.3 Å². The van der Waals surface area contributed by atoms with Crippen molar-refractivity contribution in [1.82, 2.24) is 25.2 Å². The zero-order chi connectivity index (χ0) is 36.4. The zero-order valence-electron chi connectivity index (χ0n) is 29.3. The van der Waals surface area contributed by atoms with Crippen molar-refractivity contribution in [1.29, 1.82) is 0 Å². The molecule has 5 aromatic rings. The molecule has 4 fully saturated rings. The Morgan fingerprint density at radius 3 is 2.64 bits per heavy atom. The Labute approximate surface area is 305 Å². The van der Waals surface area contributed by atoms with Gasteiger partial charge in [-0.2, -0.15) is 9.97 Å². The van der Waals surface area contributed by atoms with E-state index >= 15 is 8.78 Å². The van der Waals surface area contributed by atoms with E-state index < -0.39 is 23.3 Å². The molecule has 0 spiro atoms. The van der Waals surface area contributed by atoms with Crippen LogP contribution in [-0.4, -0.2) is 81.6 Å². The van der Waals surface area contributed by atoms with Crippen LogP contribution in [0.5, 0.6) is 17.5 Å². The van der Waals surface area contributed by atoms with Crippen LogP contribution >= 0.6 is 0 Å². The van der Waals surface area contributed by atoms with Gasteiger partial charge in [-0.15, -0.1) is 6.42 Å². The first-order valence-corrected chi connectivity index (χ1v) is 18.3. The van der Waals surface area contributed by atoms with Crippen molar-refractivity contribution in [3.8, 4) is 41.1 Å². The lowest BCUT2D eigenvalue weighted by Crippen LogP contribution is -2.51. The smallest absolute Gasteiger partial charge is 0.319 e. The highest BCUT2D eigenvalue weighted by molar-refractivity contribution is 6.03. The van der Waals surface area contributed by atoms with Crippen molar-refractivity contribution in [3.63, 3.8) is 0 Å². The lowest BCUT2D eigenvalue weighted by Gasteiger charge is -2.35. The number of halogens is 3. The number of alkyl halides is 1. The highest BCUT2D eigenvalue weighted by Crippen LogP contribution is 2.51. The maximum atomic E-state index is 17.1. The van der Waals surface area contributed by atoms with E-state index in [2.05, 4.69) is 31.0 Å². The molecule has 9 nitrogen and oxygen atoms in total. The molecular weight excluding hydrogens is 681 g/mol. The number of fused-ring (bicyclic) bond motifs is 5. The molecule has 0 radical (unpaired) electrons. The number of hydrogen-bond donors (Lipinski definition) is 2. The fourth-order valence-electron chi connectivity index (χ4n) is 9.28. The molecular formula is C41H39F3N6O3. The molecule has 272 valence electrons. The minimum absolute atomic E-state index is 0.0274. The molecule has 0 saturated carbocycles. The van der Waals surface area contributed by atoms with Gasteiger partial charge < -0.3 is 24.8 Å². The van der Waals surface area contributed by atoms with Crippen LogP contribution in [0.2, 0.25) is 0 Å². The first-order valence-electron chi connectivity index (χ1n) is 18.3. The molecule has 2 bridgehead atoms. The topological polar surface area (TPSA) is 95.9 Å². The lowest BCUT2D eigenvalue weighted by atomic mass is 9.94. The highest BCUT2D eigenvalue weighted by atomic mass is 19.1. The van der Waals surface area contributed by atoms with E-state index in [9.17, 15) is 9.50 Å². The van der Waals surface area contributed by atoms with Crippen molar-refractivity contribution in [3.05, 3.63) is 77.5 Å². The Morgan fingerprint density at radius 1 is 1.04 bits per heavy atom. The quantitative estimate of drug-likeness (QED) is 0.167. The number of benzene rings is 3. The molecule has 4 saturated heterocycles. The van der Waals surface area contributed by atoms with Crippen molar-refractivity contribution >= 4 is 27.5 Å². The van der Waals surface area contributed by atoms with E-state index in [0.29, 0.717) is 49.1 Å². The van der Waals surface area contributed by atoms with Crippen LogP contribution in [0.1, 0.15) is 56.2 Å². The highest BCUT2D eigenvalue weighted by Gasteiger charge is 2.54. The van der Waals surface area contributed by atoms with Gasteiger partial charge in [-0.25, -0.2) is 13.2 Å². The maximum Gasteiger partial charge on any atom is 0.319 e. The first kappa shape index (κ1) is 33.7. The molecule has 2 N–H and O–H groups in total. The maximum absolute atomic E-state index is 17.1. The number of pyridine rings is 1. The normalized spacial score (nSPS) is 25.2. The fourth-order valence-corrected chi connectivity index (χ4v) is 9.28. The SMILES string of the molecule is C#Cc1c(F)ccc2cc(O)cc(-c3ncc4c(N5CC6CCC(C5)N6)nc(OCC56CCC(c7ccccc7OCC)N5CC(F)C6)nc4c3F)c12. The standard InChI is InChI=1S/C41H39F3N6O3/c1-3-28-32(43)12-9-23-15-27(51)16-30(35(23)28)37-36(44)38-31(18-45-37)39(49-20-25-10-11-26(21-49)46-25)48-40(47-38)53-22-41-14-13-33(50(41)19-24(42)17-41)29-7-5-6-8-34(29)52-4-2/h1,5-9,12,15-16,18,24-26,33,46,51H,4,10-11,13-14,17,19-22H2,2H3. The Bertz CT molecular complexity index is 2290. The molecule has 4 aliphatic heterocycles. The van der Waals surface area contributed by atoms with Crippen LogP contribution in [0.15, 0.2) is 54.7 Å². The summed E-state index contributed by atoms with van der Waals surface area (Å²) in [7, 11) is 0. The van der Waals surface area contributed by atoms with Gasteiger partial charge in [-0.3, -0.25) is 9.88 Å². The van der Waals surface area contributed by atoms with Crippen molar-refractivity contribution < 1.29 is 27.8 Å². The van der Waals surface area contributed by atoms with E-state index in [-0.39, 0.29) is 70.8 Å². The van der Waals surface area contributed by atoms with Crippen LogP contribution in [0.25, 0.3) is 32.9 Å². The van der Waals surface area contributed by atoms with E-state index in [0.717, 1.165) is 30.6 Å². The minimum atomic E-state index is -1.04. The molecule has 4 aliphatic rings. The second-order valence-electron chi connectivity index (χ2n) is 14.7. The minimum Gasteiger partial charge on any atom is -0.508 e. The van der Waals surface area contributed by atoms with Crippen molar-refractivity contribution in [2.24, 2.45) is 0 Å². The third kappa shape index (κ3) is 5.68. The number of phenolic OH excluding ortho intramolecular Hbond substituents is 1. The van der Waals surface area contributed by atoms with Crippen molar-refractivity contribution in [2.75, 3.05) is 37.7 Å². The van der Waals surface area contributed by atoms with E-state index in [1.54, 1.807) is 0 Å². The second-order valence-corrected chi connectivity index (χ2v) is 14.7. The number of aromatic nitrogens is 3. The van der Waals surface area contributed by atoms with Gasteiger partial charge in [0, 0.05) is 66.9 Å². The molecule has 2 aromatic heterocycles. The predicted octanol–water partition coefficient (Wildman–Crippen LogP) is 6.85. The summed E-state index contributed by atoms with van der Waals surface area (Å²) in [5, 5.41) is 15.3. The lowest BCUT2D eigenvalue weighted by molar-refractivity contribution is 0.0837. The van der Waals surface area contributed by atoms with Gasteiger partial charge in [0.2, 0.25) is 0 Å². The van der Waals surface area contributed by atoms with Gasteiger partial charge in [0.25, 0.3) is 0 Å². The zero-order valence-corrected chi connectivity index (χ0v) is 29.3. The average molecular weight is 721 g/mol.